The number of nitrogens with zero attached hydrogens (tertiary/aromatic N) is 2. The largest absolute Gasteiger partial charge is 0.444 e. The van der Waals surface area contributed by atoms with Crippen LogP contribution in [0.2, 0.25) is 0 Å². The zero-order chi connectivity index (χ0) is 18.1. The first kappa shape index (κ1) is 18.8. The lowest BCUT2D eigenvalue weighted by Gasteiger charge is -2.40. The molecular weight excluding hydrogens is 372 g/mol. The van der Waals surface area contributed by atoms with E-state index in [2.05, 4.69) is 15.9 Å². The zero-order valence-corrected chi connectivity index (χ0v) is 16.5. The van der Waals surface area contributed by atoms with Crippen LogP contribution in [0.1, 0.15) is 43.6 Å². The minimum atomic E-state index is -0.514. The molecule has 0 spiro atoms. The van der Waals surface area contributed by atoms with Crippen LogP contribution < -0.4 is 0 Å². The summed E-state index contributed by atoms with van der Waals surface area (Å²) in [5, 5.41) is 0. The summed E-state index contributed by atoms with van der Waals surface area (Å²) in [7, 11) is 0. The third-order valence-corrected chi connectivity index (χ3v) is 4.55. The second-order valence-corrected chi connectivity index (χ2v) is 8.11. The third-order valence-electron chi connectivity index (χ3n) is 3.90. The summed E-state index contributed by atoms with van der Waals surface area (Å²) in [6.07, 6.45) is -0.321. The van der Waals surface area contributed by atoms with Crippen LogP contribution in [-0.2, 0) is 4.74 Å². The van der Waals surface area contributed by atoms with Crippen molar-refractivity contribution in [3.8, 4) is 0 Å². The van der Waals surface area contributed by atoms with Crippen LogP contribution in [0.4, 0.5) is 4.79 Å². The van der Waals surface area contributed by atoms with Gasteiger partial charge in [-0.15, -0.1) is 0 Å². The lowest BCUT2D eigenvalue weighted by Crippen LogP contribution is -2.56. The van der Waals surface area contributed by atoms with Gasteiger partial charge >= 0.3 is 6.09 Å². The number of carbonyl (C=O) groups excluding carboxylic acids is 2. The molecule has 0 N–H and O–H groups in total. The summed E-state index contributed by atoms with van der Waals surface area (Å²) in [6.45, 7) is 10.9. The summed E-state index contributed by atoms with van der Waals surface area (Å²) in [6, 6.07) is 5.65. The van der Waals surface area contributed by atoms with Crippen molar-refractivity contribution < 1.29 is 14.3 Å². The Bertz CT molecular complexity index is 640. The summed E-state index contributed by atoms with van der Waals surface area (Å²) in [5.41, 5.74) is 1.24. The first-order valence-electron chi connectivity index (χ1n) is 8.13. The van der Waals surface area contributed by atoms with Gasteiger partial charge < -0.3 is 14.5 Å². The molecule has 132 valence electrons. The third kappa shape index (κ3) is 4.50. The average Bonchev–Trinajstić information content (AvgIpc) is 2.44. The summed E-state index contributed by atoms with van der Waals surface area (Å²) in [4.78, 5) is 28.5. The summed E-state index contributed by atoms with van der Waals surface area (Å²) < 4.78 is 6.21. The van der Waals surface area contributed by atoms with Gasteiger partial charge in [0.1, 0.15) is 5.60 Å². The molecule has 1 aliphatic rings. The molecule has 24 heavy (non-hydrogen) atoms. The fourth-order valence-corrected chi connectivity index (χ4v) is 3.36. The number of hydrogen-bond acceptors (Lipinski definition) is 3. The smallest absolute Gasteiger partial charge is 0.410 e. The van der Waals surface area contributed by atoms with Crippen LogP contribution in [0.5, 0.6) is 0 Å². The van der Waals surface area contributed by atoms with Crippen molar-refractivity contribution >= 4 is 27.9 Å². The molecule has 1 saturated heterocycles. The van der Waals surface area contributed by atoms with Gasteiger partial charge in [0.25, 0.3) is 5.91 Å². The number of benzene rings is 1. The van der Waals surface area contributed by atoms with Crippen molar-refractivity contribution in [2.24, 2.45) is 0 Å². The molecular formula is C18H25BrN2O3. The van der Waals surface area contributed by atoms with Gasteiger partial charge in [-0.05, 0) is 68.2 Å². The Balaban J connectivity index is 2.05. The quantitative estimate of drug-likeness (QED) is 0.724. The van der Waals surface area contributed by atoms with Crippen molar-refractivity contribution in [1.29, 1.82) is 0 Å². The van der Waals surface area contributed by atoms with E-state index in [-0.39, 0.29) is 18.0 Å². The van der Waals surface area contributed by atoms with E-state index in [1.807, 2.05) is 57.7 Å². The molecule has 0 saturated carbocycles. The molecule has 2 amide bonds. The van der Waals surface area contributed by atoms with Crippen molar-refractivity contribution in [3.05, 3.63) is 33.8 Å². The maximum atomic E-state index is 12.8. The number of amides is 2. The lowest BCUT2D eigenvalue weighted by atomic mass is 10.1. The highest BCUT2D eigenvalue weighted by Gasteiger charge is 2.32. The number of piperazine rings is 1. The van der Waals surface area contributed by atoms with Crippen LogP contribution in [0, 0.1) is 6.92 Å². The van der Waals surface area contributed by atoms with E-state index in [4.69, 9.17) is 4.74 Å². The summed E-state index contributed by atoms with van der Waals surface area (Å²) >= 11 is 3.47. The van der Waals surface area contributed by atoms with E-state index in [9.17, 15) is 9.59 Å². The van der Waals surface area contributed by atoms with Crippen molar-refractivity contribution in [2.75, 3.05) is 19.6 Å². The number of ether oxygens (including phenoxy) is 1. The van der Waals surface area contributed by atoms with Crippen molar-refractivity contribution in [3.63, 3.8) is 0 Å². The number of rotatable bonds is 1. The normalized spacial score (nSPS) is 18.5. The molecule has 6 heteroatoms. The molecule has 0 bridgehead atoms. The number of halogens is 1. The first-order valence-corrected chi connectivity index (χ1v) is 8.93. The topological polar surface area (TPSA) is 49.9 Å². The predicted octanol–water partition coefficient (Wildman–Crippen LogP) is 3.84. The second kappa shape index (κ2) is 7.13. The molecule has 1 atom stereocenters. The molecule has 1 aromatic rings. The molecule has 2 rings (SSSR count). The predicted molar refractivity (Wildman–Crippen MR) is 97.2 cm³/mol. The van der Waals surface area contributed by atoms with Crippen LogP contribution in [0.25, 0.3) is 0 Å². The van der Waals surface area contributed by atoms with Gasteiger partial charge in [-0.25, -0.2) is 4.79 Å². The summed E-state index contributed by atoms with van der Waals surface area (Å²) in [5.74, 6) is -0.0155. The molecule has 1 aromatic carbocycles. The SMILES string of the molecule is Cc1ccc(C(=O)N2CCN(C(=O)OC(C)(C)C)CC2C)c(Br)c1. The van der Waals surface area contributed by atoms with Crippen LogP contribution in [-0.4, -0.2) is 53.1 Å². The van der Waals surface area contributed by atoms with Gasteiger partial charge in [-0.3, -0.25) is 4.79 Å². The second-order valence-electron chi connectivity index (χ2n) is 7.26. The maximum absolute atomic E-state index is 12.8. The highest BCUT2D eigenvalue weighted by molar-refractivity contribution is 9.10. The highest BCUT2D eigenvalue weighted by atomic mass is 79.9. The van der Waals surface area contributed by atoms with E-state index >= 15 is 0 Å². The molecule has 0 radical (unpaired) electrons. The van der Waals surface area contributed by atoms with Gasteiger partial charge in [0.2, 0.25) is 0 Å². The molecule has 1 fully saturated rings. The monoisotopic (exact) mass is 396 g/mol. The molecule has 1 unspecified atom stereocenters. The van der Waals surface area contributed by atoms with Crippen molar-refractivity contribution in [1.82, 2.24) is 9.80 Å². The van der Waals surface area contributed by atoms with Crippen LogP contribution in [0.3, 0.4) is 0 Å². The highest BCUT2D eigenvalue weighted by Crippen LogP contribution is 2.23. The standard InChI is InChI=1S/C18H25BrN2O3/c1-12-6-7-14(15(19)10-12)16(22)21-9-8-20(11-13(21)2)17(23)24-18(3,4)5/h6-7,10,13H,8-9,11H2,1-5H3. The number of aryl methyl sites for hydroxylation is 1. The van der Waals surface area contributed by atoms with Crippen molar-refractivity contribution in [2.45, 2.75) is 46.3 Å². The Labute approximate surface area is 152 Å². The molecule has 0 aromatic heterocycles. The lowest BCUT2D eigenvalue weighted by molar-refractivity contribution is 0.00615. The zero-order valence-electron chi connectivity index (χ0n) is 14.9. The van der Waals surface area contributed by atoms with E-state index < -0.39 is 5.60 Å². The molecule has 0 aliphatic carbocycles. The number of hydrogen-bond donors (Lipinski definition) is 0. The van der Waals surface area contributed by atoms with E-state index in [1.165, 1.54) is 0 Å². The van der Waals surface area contributed by atoms with Gasteiger partial charge in [-0.1, -0.05) is 6.07 Å². The van der Waals surface area contributed by atoms with E-state index in [0.717, 1.165) is 10.0 Å². The number of carbonyl (C=O) groups is 2. The van der Waals surface area contributed by atoms with Gasteiger partial charge in [-0.2, -0.15) is 0 Å². The fraction of sp³-hybridized carbons (Fsp3) is 0.556. The Morgan fingerprint density at radius 2 is 1.92 bits per heavy atom. The Morgan fingerprint density at radius 3 is 2.46 bits per heavy atom. The van der Waals surface area contributed by atoms with Gasteiger partial charge in [0, 0.05) is 30.1 Å². The van der Waals surface area contributed by atoms with E-state index in [0.29, 0.717) is 25.2 Å². The Morgan fingerprint density at radius 1 is 1.25 bits per heavy atom. The van der Waals surface area contributed by atoms with Crippen LogP contribution in [0.15, 0.2) is 22.7 Å². The minimum Gasteiger partial charge on any atom is -0.444 e. The van der Waals surface area contributed by atoms with Crippen LogP contribution >= 0.6 is 15.9 Å². The Hall–Kier alpha value is -1.56. The maximum Gasteiger partial charge on any atom is 0.410 e. The van der Waals surface area contributed by atoms with Gasteiger partial charge in [0.05, 0.1) is 5.56 Å². The first-order chi connectivity index (χ1) is 11.1. The van der Waals surface area contributed by atoms with Gasteiger partial charge in [0.15, 0.2) is 0 Å². The molecule has 5 nitrogen and oxygen atoms in total. The van der Waals surface area contributed by atoms with E-state index in [1.54, 1.807) is 4.90 Å². The molecule has 1 aliphatic heterocycles. The minimum absolute atomic E-state index is 0.0155. The fourth-order valence-electron chi connectivity index (χ4n) is 2.70. The Kier molecular flexibility index (Phi) is 5.58. The average molecular weight is 397 g/mol. The molecule has 1 heterocycles.